The Bertz CT molecular complexity index is 614. The average molecular weight is 282 g/mol. The molecule has 4 rings (SSSR count). The number of carbonyl (C=O) groups is 1. The Morgan fingerprint density at radius 2 is 2.00 bits per heavy atom. The van der Waals surface area contributed by atoms with Gasteiger partial charge in [0.25, 0.3) is 0 Å². The third kappa shape index (κ3) is 1.81. The van der Waals surface area contributed by atoms with Crippen LogP contribution >= 0.6 is 0 Å². The molecule has 0 N–H and O–H groups in total. The van der Waals surface area contributed by atoms with Gasteiger partial charge in [-0.2, -0.15) is 0 Å². The first-order chi connectivity index (χ1) is 9.89. The SMILES string of the molecule is C=C1CCC2C(=O)C1(/C=C(\C)Oc1ccccc1)C2(C)C. The van der Waals surface area contributed by atoms with Crippen LogP contribution in [0.25, 0.3) is 0 Å². The topological polar surface area (TPSA) is 26.3 Å². The second-order valence-corrected chi connectivity index (χ2v) is 6.76. The molecule has 2 bridgehead atoms. The number of Topliss-reactive ketones (excluding diaryl/α,β-unsaturated/α-hetero) is 1. The summed E-state index contributed by atoms with van der Waals surface area (Å²) in [6.07, 6.45) is 3.88. The Labute approximate surface area is 126 Å². The van der Waals surface area contributed by atoms with E-state index in [2.05, 4.69) is 20.4 Å². The van der Waals surface area contributed by atoms with Crippen LogP contribution in [0.1, 0.15) is 33.6 Å². The van der Waals surface area contributed by atoms with E-state index in [-0.39, 0.29) is 11.3 Å². The fraction of sp³-hybridized carbons (Fsp3) is 0.421. The molecular weight excluding hydrogens is 260 g/mol. The molecule has 21 heavy (non-hydrogen) atoms. The van der Waals surface area contributed by atoms with E-state index < -0.39 is 5.41 Å². The largest absolute Gasteiger partial charge is 0.462 e. The summed E-state index contributed by atoms with van der Waals surface area (Å²) < 4.78 is 5.86. The van der Waals surface area contributed by atoms with Gasteiger partial charge in [-0.05, 0) is 43.4 Å². The molecule has 1 aromatic carbocycles. The van der Waals surface area contributed by atoms with Gasteiger partial charge < -0.3 is 4.74 Å². The van der Waals surface area contributed by atoms with Crippen molar-refractivity contribution in [3.05, 3.63) is 54.3 Å². The third-order valence-electron chi connectivity index (χ3n) is 5.33. The normalized spacial score (nSPS) is 30.8. The summed E-state index contributed by atoms with van der Waals surface area (Å²) in [7, 11) is 0. The van der Waals surface area contributed by atoms with Gasteiger partial charge in [-0.15, -0.1) is 0 Å². The van der Waals surface area contributed by atoms with Crippen molar-refractivity contribution in [3.8, 4) is 5.75 Å². The molecule has 1 aromatic rings. The first-order valence-corrected chi connectivity index (χ1v) is 7.54. The number of rotatable bonds is 3. The molecule has 2 nitrogen and oxygen atoms in total. The molecule has 0 aliphatic heterocycles. The maximum absolute atomic E-state index is 12.6. The number of ketones is 1. The van der Waals surface area contributed by atoms with E-state index in [0.717, 1.165) is 29.9 Å². The zero-order valence-electron chi connectivity index (χ0n) is 13.0. The first kappa shape index (κ1) is 14.1. The number of fused-ring (bicyclic) bond motifs is 2. The fourth-order valence-corrected chi connectivity index (χ4v) is 4.12. The smallest absolute Gasteiger partial charge is 0.151 e. The maximum atomic E-state index is 12.6. The van der Waals surface area contributed by atoms with Gasteiger partial charge in [0.1, 0.15) is 5.75 Å². The lowest BCUT2D eigenvalue weighted by Gasteiger charge is -2.63. The molecule has 2 heteroatoms. The van der Waals surface area contributed by atoms with Crippen LogP contribution in [-0.4, -0.2) is 5.78 Å². The number of ether oxygens (including phenoxy) is 1. The summed E-state index contributed by atoms with van der Waals surface area (Å²) in [5.74, 6) is 2.05. The second kappa shape index (κ2) is 4.59. The van der Waals surface area contributed by atoms with Crippen molar-refractivity contribution in [2.75, 3.05) is 0 Å². The molecule has 0 radical (unpaired) electrons. The lowest BCUT2D eigenvalue weighted by molar-refractivity contribution is -0.164. The highest BCUT2D eigenvalue weighted by Gasteiger charge is 2.69. The molecule has 0 aromatic heterocycles. The van der Waals surface area contributed by atoms with Gasteiger partial charge in [0.2, 0.25) is 0 Å². The van der Waals surface area contributed by atoms with Crippen molar-refractivity contribution >= 4 is 5.78 Å². The first-order valence-electron chi connectivity index (χ1n) is 7.54. The molecule has 0 spiro atoms. The van der Waals surface area contributed by atoms with Gasteiger partial charge >= 0.3 is 0 Å². The van der Waals surface area contributed by atoms with Crippen LogP contribution in [0.3, 0.4) is 0 Å². The highest BCUT2D eigenvalue weighted by Crippen LogP contribution is 2.67. The predicted molar refractivity (Wildman–Crippen MR) is 83.9 cm³/mol. The van der Waals surface area contributed by atoms with Crippen molar-refractivity contribution in [1.82, 2.24) is 0 Å². The number of para-hydroxylation sites is 1. The fourth-order valence-electron chi connectivity index (χ4n) is 4.12. The number of benzene rings is 1. The lowest BCUT2D eigenvalue weighted by atomic mass is 9.37. The number of allylic oxidation sites excluding steroid dienone is 3. The molecule has 3 fully saturated rings. The summed E-state index contributed by atoms with van der Waals surface area (Å²) in [5.41, 5.74) is 0.450. The van der Waals surface area contributed by atoms with Gasteiger partial charge in [-0.25, -0.2) is 0 Å². The zero-order valence-corrected chi connectivity index (χ0v) is 13.0. The minimum absolute atomic E-state index is 0.0548. The second-order valence-electron chi connectivity index (χ2n) is 6.76. The van der Waals surface area contributed by atoms with Gasteiger partial charge in [0, 0.05) is 5.92 Å². The minimum Gasteiger partial charge on any atom is -0.462 e. The van der Waals surface area contributed by atoms with Crippen LogP contribution in [-0.2, 0) is 4.79 Å². The predicted octanol–water partition coefficient (Wildman–Crippen LogP) is 4.53. The zero-order chi connectivity index (χ0) is 15.3. The van der Waals surface area contributed by atoms with Crippen LogP contribution in [0.15, 0.2) is 54.3 Å². The Hall–Kier alpha value is -1.83. The molecule has 3 aliphatic carbocycles. The molecule has 0 amide bonds. The Morgan fingerprint density at radius 3 is 2.57 bits per heavy atom. The van der Waals surface area contributed by atoms with Crippen molar-refractivity contribution in [2.45, 2.75) is 33.6 Å². The van der Waals surface area contributed by atoms with Crippen LogP contribution in [0.5, 0.6) is 5.75 Å². The lowest BCUT2D eigenvalue weighted by Crippen LogP contribution is -2.66. The van der Waals surface area contributed by atoms with Gasteiger partial charge in [-0.1, -0.05) is 44.2 Å². The van der Waals surface area contributed by atoms with E-state index >= 15 is 0 Å². The molecule has 2 atom stereocenters. The highest BCUT2D eigenvalue weighted by atomic mass is 16.5. The Balaban J connectivity index is 1.93. The average Bonchev–Trinajstić information content (AvgIpc) is 2.43. The summed E-state index contributed by atoms with van der Waals surface area (Å²) in [4.78, 5) is 12.6. The molecule has 2 unspecified atom stereocenters. The van der Waals surface area contributed by atoms with Crippen LogP contribution in [0.2, 0.25) is 0 Å². The maximum Gasteiger partial charge on any atom is 0.151 e. The van der Waals surface area contributed by atoms with E-state index in [1.807, 2.05) is 43.3 Å². The molecule has 3 aliphatic rings. The van der Waals surface area contributed by atoms with Crippen molar-refractivity contribution in [2.24, 2.45) is 16.7 Å². The quantitative estimate of drug-likeness (QED) is 0.601. The van der Waals surface area contributed by atoms with Gasteiger partial charge in [0.15, 0.2) is 5.78 Å². The molecular formula is C19H22O2. The molecule has 0 saturated heterocycles. The van der Waals surface area contributed by atoms with Gasteiger partial charge in [-0.3, -0.25) is 4.79 Å². The van der Waals surface area contributed by atoms with Crippen molar-refractivity contribution in [3.63, 3.8) is 0 Å². The summed E-state index contributed by atoms with van der Waals surface area (Å²) >= 11 is 0. The van der Waals surface area contributed by atoms with E-state index in [0.29, 0.717) is 5.78 Å². The van der Waals surface area contributed by atoms with E-state index in [4.69, 9.17) is 4.74 Å². The molecule has 110 valence electrons. The Morgan fingerprint density at radius 1 is 1.33 bits per heavy atom. The minimum atomic E-state index is -0.533. The van der Waals surface area contributed by atoms with E-state index in [1.54, 1.807) is 0 Å². The van der Waals surface area contributed by atoms with Crippen LogP contribution in [0.4, 0.5) is 0 Å². The van der Waals surface area contributed by atoms with E-state index in [1.165, 1.54) is 0 Å². The Kier molecular flexibility index (Phi) is 3.09. The van der Waals surface area contributed by atoms with E-state index in [9.17, 15) is 4.79 Å². The van der Waals surface area contributed by atoms with Crippen molar-refractivity contribution < 1.29 is 9.53 Å². The number of hydrogen-bond acceptors (Lipinski definition) is 2. The summed E-state index contributed by atoms with van der Waals surface area (Å²) in [5, 5.41) is 0. The van der Waals surface area contributed by atoms with Crippen LogP contribution in [0, 0.1) is 16.7 Å². The molecule has 3 saturated carbocycles. The molecule has 0 heterocycles. The standard InChI is InChI=1S/C19H22O2/c1-13-10-11-16-17(20)19(13,18(16,3)4)12-14(2)21-15-8-6-5-7-9-15/h5-9,12,16H,1,10-11H2,2-4H3/b14-12+. The highest BCUT2D eigenvalue weighted by molar-refractivity contribution is 6.01. The summed E-state index contributed by atoms with van der Waals surface area (Å²) in [6.45, 7) is 10.5. The number of carbonyl (C=O) groups excluding carboxylic acids is 1. The van der Waals surface area contributed by atoms with Crippen LogP contribution < -0.4 is 4.74 Å². The monoisotopic (exact) mass is 282 g/mol. The van der Waals surface area contributed by atoms with Gasteiger partial charge in [0.05, 0.1) is 11.2 Å². The summed E-state index contributed by atoms with van der Waals surface area (Å²) in [6, 6.07) is 9.67. The van der Waals surface area contributed by atoms with Crippen molar-refractivity contribution in [1.29, 1.82) is 0 Å². The number of hydrogen-bond donors (Lipinski definition) is 0. The third-order valence-corrected chi connectivity index (χ3v) is 5.33.